The number of nitrogens with one attached hydrogen (secondary N) is 2. The highest BCUT2D eigenvalue weighted by Crippen LogP contribution is 2.15. The van der Waals surface area contributed by atoms with Crippen LogP contribution in [0, 0.1) is 0 Å². The number of amides is 1. The summed E-state index contributed by atoms with van der Waals surface area (Å²) < 4.78 is 0. The lowest BCUT2D eigenvalue weighted by Gasteiger charge is -2.38. The van der Waals surface area contributed by atoms with Crippen molar-refractivity contribution in [2.75, 3.05) is 26.2 Å². The summed E-state index contributed by atoms with van der Waals surface area (Å²) in [6, 6.07) is 10.1. The van der Waals surface area contributed by atoms with E-state index < -0.39 is 0 Å². The zero-order valence-electron chi connectivity index (χ0n) is 13.6. The monoisotopic (exact) mass is 332 g/mol. The number of carbonyl (C=O) groups excluding carboxylic acids is 1. The van der Waals surface area contributed by atoms with Crippen LogP contribution >= 0.6 is 12.2 Å². The van der Waals surface area contributed by atoms with Crippen LogP contribution in [-0.4, -0.2) is 48.1 Å². The highest BCUT2D eigenvalue weighted by Gasteiger charge is 2.29. The van der Waals surface area contributed by atoms with Crippen LogP contribution in [0.3, 0.4) is 0 Å². The van der Waals surface area contributed by atoms with Gasteiger partial charge in [0.1, 0.15) is 0 Å². The zero-order chi connectivity index (χ0) is 16.1. The molecule has 0 bridgehead atoms. The van der Waals surface area contributed by atoms with Gasteiger partial charge in [0.25, 0.3) is 5.91 Å². The Balaban J connectivity index is 1.47. The molecule has 0 aromatic heterocycles. The van der Waals surface area contributed by atoms with E-state index in [-0.39, 0.29) is 5.91 Å². The first-order chi connectivity index (χ1) is 11.2. The Morgan fingerprint density at radius 1 is 1.09 bits per heavy atom. The first-order valence-corrected chi connectivity index (χ1v) is 9.15. The van der Waals surface area contributed by atoms with Crippen LogP contribution in [0.15, 0.2) is 30.3 Å². The van der Waals surface area contributed by atoms with Gasteiger partial charge in [0.05, 0.1) is 32.2 Å². The summed E-state index contributed by atoms with van der Waals surface area (Å²) in [5.41, 5.74) is 0.654. The van der Waals surface area contributed by atoms with E-state index in [1.807, 2.05) is 30.3 Å². The average Bonchev–Trinajstić information content (AvgIpc) is 2.63. The van der Waals surface area contributed by atoms with Gasteiger partial charge in [-0.05, 0) is 50.0 Å². The van der Waals surface area contributed by atoms with Crippen LogP contribution in [0.25, 0.3) is 0 Å². The Morgan fingerprint density at radius 3 is 2.39 bits per heavy atom. The molecule has 3 rings (SSSR count). The minimum absolute atomic E-state index is 0.113. The van der Waals surface area contributed by atoms with Gasteiger partial charge in [-0.25, -0.2) is 0 Å². The smallest absolute Gasteiger partial charge is 0.257 e. The van der Waals surface area contributed by atoms with E-state index in [2.05, 4.69) is 10.2 Å². The fourth-order valence-electron chi connectivity index (χ4n) is 3.75. The number of hydrogen-bond acceptors (Lipinski definition) is 2. The summed E-state index contributed by atoms with van der Waals surface area (Å²) in [6.45, 7) is 4.15. The predicted octanol–water partition coefficient (Wildman–Crippen LogP) is 1.23. The van der Waals surface area contributed by atoms with E-state index in [0.717, 1.165) is 32.2 Å². The molecule has 4 nitrogen and oxygen atoms in total. The number of quaternary nitrogens is 1. The maximum absolute atomic E-state index is 12.2. The molecule has 1 aromatic carbocycles. The second kappa shape index (κ2) is 7.88. The van der Waals surface area contributed by atoms with E-state index >= 15 is 0 Å². The van der Waals surface area contributed by atoms with Crippen molar-refractivity contribution in [3.63, 3.8) is 0 Å². The summed E-state index contributed by atoms with van der Waals surface area (Å²) in [4.78, 5) is 16.1. The fourth-order valence-corrected chi connectivity index (χ4v) is 4.03. The van der Waals surface area contributed by atoms with Crippen molar-refractivity contribution in [1.29, 1.82) is 0 Å². The van der Waals surface area contributed by atoms with Crippen LogP contribution in [0.1, 0.15) is 42.5 Å². The van der Waals surface area contributed by atoms with Gasteiger partial charge in [0.15, 0.2) is 5.11 Å². The predicted molar refractivity (Wildman–Crippen MR) is 95.6 cm³/mol. The molecule has 2 N–H and O–H groups in total. The van der Waals surface area contributed by atoms with Gasteiger partial charge < -0.3 is 9.80 Å². The van der Waals surface area contributed by atoms with Crippen LogP contribution in [0.5, 0.6) is 0 Å². The van der Waals surface area contributed by atoms with Gasteiger partial charge in [0.2, 0.25) is 0 Å². The Hall–Kier alpha value is -1.46. The van der Waals surface area contributed by atoms with E-state index in [1.54, 1.807) is 4.90 Å². The van der Waals surface area contributed by atoms with Crippen molar-refractivity contribution in [3.8, 4) is 0 Å². The Labute approximate surface area is 143 Å². The molecule has 124 valence electrons. The van der Waals surface area contributed by atoms with Crippen LogP contribution in [-0.2, 0) is 0 Å². The lowest BCUT2D eigenvalue weighted by molar-refractivity contribution is -0.930. The quantitative estimate of drug-likeness (QED) is 0.800. The maximum Gasteiger partial charge on any atom is 0.257 e. The van der Waals surface area contributed by atoms with E-state index in [9.17, 15) is 4.79 Å². The molecule has 1 aromatic rings. The SMILES string of the molecule is O=C(NC(=S)N1CC[NH+](C2CCCCC2)CC1)c1ccccc1. The summed E-state index contributed by atoms with van der Waals surface area (Å²) in [5, 5.41) is 3.44. The third-order valence-corrected chi connectivity index (χ3v) is 5.49. The number of hydrogen-bond donors (Lipinski definition) is 2. The van der Waals surface area contributed by atoms with Crippen LogP contribution < -0.4 is 10.2 Å². The number of piperazine rings is 1. The number of thiocarbonyl (C=S) groups is 1. The van der Waals surface area contributed by atoms with Crippen molar-refractivity contribution in [2.24, 2.45) is 0 Å². The second-order valence-corrected chi connectivity index (χ2v) is 6.99. The van der Waals surface area contributed by atoms with E-state index in [4.69, 9.17) is 12.2 Å². The third-order valence-electron chi connectivity index (χ3n) is 5.13. The summed E-state index contributed by atoms with van der Waals surface area (Å²) in [5.74, 6) is -0.113. The molecule has 1 amide bonds. The molecule has 0 atom stereocenters. The van der Waals surface area contributed by atoms with E-state index in [1.165, 1.54) is 32.1 Å². The van der Waals surface area contributed by atoms with Crippen molar-refractivity contribution in [2.45, 2.75) is 38.1 Å². The first kappa shape index (κ1) is 16.4. The maximum atomic E-state index is 12.2. The molecule has 1 heterocycles. The summed E-state index contributed by atoms with van der Waals surface area (Å²) >= 11 is 5.43. The van der Waals surface area contributed by atoms with Gasteiger partial charge >= 0.3 is 0 Å². The number of rotatable bonds is 2. The molecule has 2 aliphatic rings. The van der Waals surface area contributed by atoms with Crippen molar-refractivity contribution >= 4 is 23.2 Å². The second-order valence-electron chi connectivity index (χ2n) is 6.61. The molecule has 1 saturated heterocycles. The van der Waals surface area contributed by atoms with Crippen molar-refractivity contribution in [1.82, 2.24) is 10.2 Å². The van der Waals surface area contributed by atoms with Gasteiger partial charge in [-0.3, -0.25) is 10.1 Å². The molecule has 0 spiro atoms. The fraction of sp³-hybridized carbons (Fsp3) is 0.556. The first-order valence-electron chi connectivity index (χ1n) is 8.74. The molecule has 2 fully saturated rings. The summed E-state index contributed by atoms with van der Waals surface area (Å²) in [7, 11) is 0. The highest BCUT2D eigenvalue weighted by molar-refractivity contribution is 7.80. The van der Waals surface area contributed by atoms with Gasteiger partial charge in [-0.2, -0.15) is 0 Å². The van der Waals surface area contributed by atoms with Gasteiger partial charge in [-0.1, -0.05) is 24.6 Å². The Morgan fingerprint density at radius 2 is 1.74 bits per heavy atom. The Kier molecular flexibility index (Phi) is 5.62. The lowest BCUT2D eigenvalue weighted by atomic mass is 9.94. The average molecular weight is 332 g/mol. The largest absolute Gasteiger partial charge is 0.338 e. The molecule has 5 heteroatoms. The normalized spacial score (nSPS) is 20.3. The third kappa shape index (κ3) is 4.30. The van der Waals surface area contributed by atoms with Crippen molar-refractivity contribution < 1.29 is 9.69 Å². The molecule has 23 heavy (non-hydrogen) atoms. The number of nitrogens with zero attached hydrogens (tertiary/aromatic N) is 1. The molecule has 1 aliphatic heterocycles. The number of benzene rings is 1. The van der Waals surface area contributed by atoms with Crippen molar-refractivity contribution in [3.05, 3.63) is 35.9 Å². The molecule has 0 unspecified atom stereocenters. The highest BCUT2D eigenvalue weighted by atomic mass is 32.1. The van der Waals surface area contributed by atoms with Crippen LogP contribution in [0.2, 0.25) is 0 Å². The molecule has 1 saturated carbocycles. The Bertz CT molecular complexity index is 534. The number of carbonyl (C=O) groups is 1. The molecule has 1 aliphatic carbocycles. The van der Waals surface area contributed by atoms with Gasteiger partial charge in [-0.15, -0.1) is 0 Å². The van der Waals surface area contributed by atoms with E-state index in [0.29, 0.717) is 10.7 Å². The molecular formula is C18H26N3OS+. The summed E-state index contributed by atoms with van der Waals surface area (Å²) in [6.07, 6.45) is 6.95. The minimum atomic E-state index is -0.113. The standard InChI is InChI=1S/C18H25N3OS/c22-17(15-7-3-1-4-8-15)19-18(23)21-13-11-20(12-14-21)16-9-5-2-6-10-16/h1,3-4,7-8,16H,2,5-6,9-14H2,(H,19,22,23)/p+1. The molecule has 0 radical (unpaired) electrons. The topological polar surface area (TPSA) is 36.8 Å². The van der Waals surface area contributed by atoms with Crippen LogP contribution in [0.4, 0.5) is 0 Å². The van der Waals surface area contributed by atoms with Gasteiger partial charge in [0, 0.05) is 5.56 Å². The minimum Gasteiger partial charge on any atom is -0.338 e. The lowest BCUT2D eigenvalue weighted by Crippen LogP contribution is -3.18. The molecular weight excluding hydrogens is 306 g/mol. The zero-order valence-corrected chi connectivity index (χ0v) is 14.4.